The van der Waals surface area contributed by atoms with E-state index in [-0.39, 0.29) is 5.69 Å². The summed E-state index contributed by atoms with van der Waals surface area (Å²) in [6, 6.07) is 13.1. The van der Waals surface area contributed by atoms with Crippen molar-refractivity contribution < 1.29 is 18.7 Å². The van der Waals surface area contributed by atoms with Crippen LogP contribution in [0.4, 0.5) is 10.1 Å². The van der Waals surface area contributed by atoms with Crippen molar-refractivity contribution in [2.75, 3.05) is 23.4 Å². The van der Waals surface area contributed by atoms with E-state index in [0.29, 0.717) is 10.1 Å². The quantitative estimate of drug-likeness (QED) is 0.761. The Kier molecular flexibility index (Phi) is 6.57. The minimum absolute atomic E-state index is 0.0559. The van der Waals surface area contributed by atoms with Crippen LogP contribution in [0.3, 0.4) is 0 Å². The molecule has 7 heteroatoms. The lowest BCUT2D eigenvalue weighted by Crippen LogP contribution is -2.21. The Bertz CT molecular complexity index is 777. The molecule has 2 aromatic carbocycles. The summed E-state index contributed by atoms with van der Waals surface area (Å²) in [5.41, 5.74) is 1.62. The van der Waals surface area contributed by atoms with Crippen molar-refractivity contribution in [3.63, 3.8) is 0 Å². The van der Waals surface area contributed by atoms with Crippen molar-refractivity contribution in [2.24, 2.45) is 0 Å². The van der Waals surface area contributed by atoms with Crippen molar-refractivity contribution >= 4 is 41.1 Å². The maximum atomic E-state index is 13.5. The zero-order valence-corrected chi connectivity index (χ0v) is 15.6. The first-order valence-electron chi connectivity index (χ1n) is 8.18. The van der Waals surface area contributed by atoms with E-state index in [4.69, 9.17) is 4.74 Å². The Morgan fingerprint density at radius 2 is 1.77 bits per heavy atom. The van der Waals surface area contributed by atoms with Crippen LogP contribution in [0.25, 0.3) is 0 Å². The van der Waals surface area contributed by atoms with Crippen LogP contribution in [-0.2, 0) is 9.53 Å². The zero-order chi connectivity index (χ0) is 18.4. The summed E-state index contributed by atoms with van der Waals surface area (Å²) in [6.45, 7) is -0.469. The highest BCUT2D eigenvalue weighted by Gasteiger charge is 2.17. The van der Waals surface area contributed by atoms with Crippen LogP contribution < -0.4 is 5.32 Å². The van der Waals surface area contributed by atoms with Gasteiger partial charge < -0.3 is 10.1 Å². The third-order valence-corrected chi connectivity index (χ3v) is 6.74. The van der Waals surface area contributed by atoms with Gasteiger partial charge in [-0.05, 0) is 47.8 Å². The number of esters is 1. The number of nitrogens with one attached hydrogen (secondary N) is 1. The van der Waals surface area contributed by atoms with Gasteiger partial charge in [-0.1, -0.05) is 24.3 Å². The van der Waals surface area contributed by atoms with Gasteiger partial charge in [-0.3, -0.25) is 4.79 Å². The number of anilines is 1. The molecule has 1 N–H and O–H groups in total. The summed E-state index contributed by atoms with van der Waals surface area (Å²) in [4.78, 5) is 23.9. The molecule has 1 saturated heterocycles. The molecular weight excluding hydrogens is 373 g/mol. The number of ether oxygens (including phenoxy) is 1. The first-order valence-corrected chi connectivity index (χ1v) is 10.3. The average molecular weight is 391 g/mol. The van der Waals surface area contributed by atoms with Gasteiger partial charge in [0.2, 0.25) is 0 Å². The van der Waals surface area contributed by atoms with Crippen LogP contribution in [0.5, 0.6) is 0 Å². The molecule has 0 spiro atoms. The van der Waals surface area contributed by atoms with Crippen LogP contribution in [0.2, 0.25) is 0 Å². The number of thioether (sulfide) groups is 2. The second-order valence-corrected chi connectivity index (χ2v) is 8.38. The first kappa shape index (κ1) is 18.8. The van der Waals surface area contributed by atoms with Gasteiger partial charge >= 0.3 is 5.97 Å². The Morgan fingerprint density at radius 3 is 2.46 bits per heavy atom. The fourth-order valence-corrected chi connectivity index (χ4v) is 5.31. The first-order chi connectivity index (χ1) is 12.6. The molecule has 4 nitrogen and oxygen atoms in total. The van der Waals surface area contributed by atoms with Gasteiger partial charge in [-0.15, -0.1) is 23.5 Å². The van der Waals surface area contributed by atoms with E-state index in [1.165, 1.54) is 30.2 Å². The van der Waals surface area contributed by atoms with E-state index in [2.05, 4.69) is 5.32 Å². The van der Waals surface area contributed by atoms with Crippen molar-refractivity contribution in [1.82, 2.24) is 0 Å². The van der Waals surface area contributed by atoms with Gasteiger partial charge in [0, 0.05) is 0 Å². The normalized spacial score (nSPS) is 14.7. The third kappa shape index (κ3) is 5.02. The van der Waals surface area contributed by atoms with Crippen LogP contribution in [-0.4, -0.2) is 30.0 Å². The SMILES string of the molecule is O=C(COC(=O)c1ccc(C2SCCCS2)cc1)Nc1ccccc1F. The average Bonchev–Trinajstić information content (AvgIpc) is 2.69. The molecule has 0 unspecified atom stereocenters. The predicted octanol–water partition coefficient (Wildman–Crippen LogP) is 4.49. The molecule has 1 amide bonds. The maximum absolute atomic E-state index is 13.5. The van der Waals surface area contributed by atoms with E-state index < -0.39 is 24.3 Å². The molecule has 0 bridgehead atoms. The Labute approximate surface area is 159 Å². The molecule has 1 aliphatic rings. The monoisotopic (exact) mass is 391 g/mol. The van der Waals surface area contributed by atoms with Gasteiger partial charge in [-0.25, -0.2) is 9.18 Å². The summed E-state index contributed by atoms with van der Waals surface area (Å²) in [6.07, 6.45) is 1.23. The molecular formula is C19H18FNO3S2. The highest BCUT2D eigenvalue weighted by molar-refractivity contribution is 8.16. The molecule has 0 saturated carbocycles. The Morgan fingerprint density at radius 1 is 1.08 bits per heavy atom. The lowest BCUT2D eigenvalue weighted by Gasteiger charge is -2.21. The molecule has 0 aliphatic carbocycles. The molecule has 0 radical (unpaired) electrons. The summed E-state index contributed by atoms with van der Waals surface area (Å²) in [7, 11) is 0. The van der Waals surface area contributed by atoms with E-state index >= 15 is 0 Å². The van der Waals surface area contributed by atoms with Crippen LogP contribution in [0.15, 0.2) is 48.5 Å². The molecule has 26 heavy (non-hydrogen) atoms. The Balaban J connectivity index is 1.51. The fraction of sp³-hybridized carbons (Fsp3) is 0.263. The van der Waals surface area contributed by atoms with Crippen LogP contribution >= 0.6 is 23.5 Å². The van der Waals surface area contributed by atoms with Crippen molar-refractivity contribution in [1.29, 1.82) is 0 Å². The standard InChI is InChI=1S/C19H18FNO3S2/c20-15-4-1-2-5-16(15)21-17(22)12-24-18(23)13-6-8-14(9-7-13)19-25-10-3-11-26-19/h1-2,4-9,19H,3,10-12H2,(H,21,22). The summed E-state index contributed by atoms with van der Waals surface area (Å²) in [5.74, 6) is 0.595. The number of hydrogen-bond donors (Lipinski definition) is 1. The van der Waals surface area contributed by atoms with Crippen molar-refractivity contribution in [3.8, 4) is 0 Å². The summed E-state index contributed by atoms with van der Waals surface area (Å²) in [5, 5.41) is 2.37. The topological polar surface area (TPSA) is 55.4 Å². The fourth-order valence-electron chi connectivity index (χ4n) is 2.42. The summed E-state index contributed by atoms with van der Waals surface area (Å²) < 4.78 is 18.9. The molecule has 1 heterocycles. The molecule has 0 atom stereocenters. The van der Waals surface area contributed by atoms with Crippen LogP contribution in [0.1, 0.15) is 26.9 Å². The number of hydrogen-bond acceptors (Lipinski definition) is 5. The van der Waals surface area contributed by atoms with E-state index in [1.807, 2.05) is 35.7 Å². The largest absolute Gasteiger partial charge is 0.452 e. The number of carbonyl (C=O) groups is 2. The van der Waals surface area contributed by atoms with Gasteiger partial charge in [-0.2, -0.15) is 0 Å². The lowest BCUT2D eigenvalue weighted by atomic mass is 10.1. The minimum atomic E-state index is -0.588. The number of carbonyl (C=O) groups excluding carboxylic acids is 2. The highest BCUT2D eigenvalue weighted by Crippen LogP contribution is 2.43. The number of rotatable bonds is 5. The van der Waals surface area contributed by atoms with E-state index in [9.17, 15) is 14.0 Å². The number of halogens is 1. The number of para-hydroxylation sites is 1. The highest BCUT2D eigenvalue weighted by atomic mass is 32.2. The van der Waals surface area contributed by atoms with E-state index in [0.717, 1.165) is 11.5 Å². The second-order valence-electron chi connectivity index (χ2n) is 5.65. The molecule has 3 rings (SSSR count). The van der Waals surface area contributed by atoms with Gasteiger partial charge in [0.25, 0.3) is 5.91 Å². The molecule has 0 aromatic heterocycles. The lowest BCUT2D eigenvalue weighted by molar-refractivity contribution is -0.119. The van der Waals surface area contributed by atoms with Gasteiger partial charge in [0.15, 0.2) is 6.61 Å². The molecule has 136 valence electrons. The predicted molar refractivity (Wildman–Crippen MR) is 104 cm³/mol. The van der Waals surface area contributed by atoms with E-state index in [1.54, 1.807) is 18.2 Å². The minimum Gasteiger partial charge on any atom is -0.452 e. The zero-order valence-electron chi connectivity index (χ0n) is 13.9. The van der Waals surface area contributed by atoms with Crippen molar-refractivity contribution in [2.45, 2.75) is 11.0 Å². The molecule has 1 fully saturated rings. The van der Waals surface area contributed by atoms with Crippen molar-refractivity contribution in [3.05, 3.63) is 65.5 Å². The smallest absolute Gasteiger partial charge is 0.338 e. The molecule has 2 aromatic rings. The summed E-state index contributed by atoms with van der Waals surface area (Å²) >= 11 is 3.82. The Hall–Kier alpha value is -1.99. The number of benzene rings is 2. The molecule has 1 aliphatic heterocycles. The van der Waals surface area contributed by atoms with Gasteiger partial charge in [0.05, 0.1) is 15.8 Å². The third-order valence-electron chi connectivity index (χ3n) is 3.73. The maximum Gasteiger partial charge on any atom is 0.338 e. The number of amides is 1. The second kappa shape index (κ2) is 9.09. The van der Waals surface area contributed by atoms with Crippen LogP contribution in [0, 0.1) is 5.82 Å². The van der Waals surface area contributed by atoms with Gasteiger partial charge in [0.1, 0.15) is 5.82 Å².